The van der Waals surface area contributed by atoms with E-state index in [2.05, 4.69) is 20.1 Å². The summed E-state index contributed by atoms with van der Waals surface area (Å²) in [5, 5.41) is 5.16. The molecule has 0 radical (unpaired) electrons. The Kier molecular flexibility index (Phi) is 5.51. The maximum atomic E-state index is 14.1. The van der Waals surface area contributed by atoms with Gasteiger partial charge in [0.15, 0.2) is 17.3 Å². The van der Waals surface area contributed by atoms with Crippen molar-refractivity contribution < 1.29 is 17.0 Å². The molecule has 2 N–H and O–H groups in total. The van der Waals surface area contributed by atoms with Crippen LogP contribution in [0.15, 0.2) is 48.8 Å². The topological polar surface area (TPSA) is 126 Å². The van der Waals surface area contributed by atoms with Crippen LogP contribution < -0.4 is 9.92 Å². The summed E-state index contributed by atoms with van der Waals surface area (Å²) in [6, 6.07) is 9.93. The van der Waals surface area contributed by atoms with E-state index in [-0.39, 0.29) is 35.5 Å². The fourth-order valence-corrected chi connectivity index (χ4v) is 4.05. The lowest BCUT2D eigenvalue weighted by Crippen LogP contribution is -2.15. The van der Waals surface area contributed by atoms with Crippen LogP contribution in [0.1, 0.15) is 18.9 Å². The number of nitrogens with two attached hydrogens (primary N) is 1. The van der Waals surface area contributed by atoms with Gasteiger partial charge in [0.1, 0.15) is 11.5 Å². The van der Waals surface area contributed by atoms with Gasteiger partial charge in [-0.15, -0.1) is 0 Å². The van der Waals surface area contributed by atoms with Crippen molar-refractivity contribution in [2.24, 2.45) is 0 Å². The summed E-state index contributed by atoms with van der Waals surface area (Å²) in [6.45, 7) is 1.88. The number of benzene rings is 1. The Morgan fingerprint density at radius 3 is 2.71 bits per heavy atom. The third-order valence-corrected chi connectivity index (χ3v) is 5.79. The van der Waals surface area contributed by atoms with Gasteiger partial charge in [0, 0.05) is 11.8 Å². The molecule has 9 nitrogen and oxygen atoms in total. The quantitative estimate of drug-likeness (QED) is 0.433. The number of anilines is 1. The van der Waals surface area contributed by atoms with E-state index in [9.17, 15) is 12.8 Å². The lowest BCUT2D eigenvalue weighted by Gasteiger charge is -2.08. The minimum atomic E-state index is -3.78. The zero-order chi connectivity index (χ0) is 22.0. The Labute approximate surface area is 177 Å². The maximum absolute atomic E-state index is 14.1. The Balaban J connectivity index is 1.73. The monoisotopic (exact) mass is 442 g/mol. The molecule has 0 fully saturated rings. The fourth-order valence-electron chi connectivity index (χ4n) is 3.06. The molecule has 0 unspecified atom stereocenters. The molecule has 0 atom stereocenters. The van der Waals surface area contributed by atoms with Crippen LogP contribution in [0.3, 0.4) is 0 Å². The summed E-state index contributed by atoms with van der Waals surface area (Å²) in [4.78, 5) is 12.7. The molecule has 4 aromatic rings. The van der Waals surface area contributed by atoms with Crippen LogP contribution in [-0.4, -0.2) is 38.9 Å². The third-order valence-electron chi connectivity index (χ3n) is 4.45. The predicted octanol–water partition coefficient (Wildman–Crippen LogP) is 2.78. The molecule has 0 saturated heterocycles. The molecule has 11 heteroatoms. The number of nitrogen functional groups attached to an aromatic ring is 1. The Morgan fingerprint density at radius 1 is 1.16 bits per heavy atom. The van der Waals surface area contributed by atoms with Crippen LogP contribution >= 0.6 is 0 Å². The Morgan fingerprint density at radius 2 is 1.97 bits per heavy atom. The number of hydrogen-bond donors (Lipinski definition) is 1. The van der Waals surface area contributed by atoms with Gasteiger partial charge >= 0.3 is 10.1 Å². The molecule has 0 aliphatic carbocycles. The van der Waals surface area contributed by atoms with Gasteiger partial charge in [-0.3, -0.25) is 0 Å². The van der Waals surface area contributed by atoms with Crippen LogP contribution in [0.2, 0.25) is 0 Å². The molecule has 0 bridgehead atoms. The zero-order valence-corrected chi connectivity index (χ0v) is 17.4. The average molecular weight is 442 g/mol. The lowest BCUT2D eigenvalue weighted by atomic mass is 10.2. The van der Waals surface area contributed by atoms with E-state index in [4.69, 9.17) is 9.92 Å². The van der Waals surface area contributed by atoms with E-state index in [0.29, 0.717) is 28.7 Å². The summed E-state index contributed by atoms with van der Waals surface area (Å²) < 4.78 is 44.5. The molecule has 0 amide bonds. The molecule has 0 saturated carbocycles. The number of nitrogens with zero attached hydrogens (tertiary/aromatic N) is 5. The van der Waals surface area contributed by atoms with Crippen LogP contribution in [0.5, 0.6) is 5.75 Å². The van der Waals surface area contributed by atoms with E-state index in [1.54, 1.807) is 48.1 Å². The smallest absolute Gasteiger partial charge is 0.309 e. The first kappa shape index (κ1) is 20.7. The van der Waals surface area contributed by atoms with Crippen molar-refractivity contribution in [2.45, 2.75) is 19.9 Å². The molecule has 3 heterocycles. The lowest BCUT2D eigenvalue weighted by molar-refractivity contribution is 0.484. The standard InChI is InChI=1S/C20H19FN6O3S/c1-2-10-31(28,29)30-16-11-24-19(25-18(16)22)17-14-7-5-9-23-20(14)27(26-17)12-13-6-3-4-8-15(13)21/h3-9,11H,2,10,12H2,1H3,(H2,22,24,25). The Hall–Kier alpha value is -3.60. The molecule has 31 heavy (non-hydrogen) atoms. The largest absolute Gasteiger partial charge is 0.380 e. The number of fused-ring (bicyclic) bond motifs is 1. The Bertz CT molecular complexity index is 1360. The summed E-state index contributed by atoms with van der Waals surface area (Å²) in [5.74, 6) is -0.608. The minimum absolute atomic E-state index is 0.134. The number of rotatable bonds is 7. The minimum Gasteiger partial charge on any atom is -0.380 e. The van der Waals surface area contributed by atoms with Gasteiger partial charge in [0.2, 0.25) is 5.75 Å². The van der Waals surface area contributed by atoms with Gasteiger partial charge in [-0.25, -0.2) is 24.0 Å². The fraction of sp³-hybridized carbons (Fsp3) is 0.200. The normalized spacial score (nSPS) is 11.7. The summed E-state index contributed by atoms with van der Waals surface area (Å²) in [5.41, 5.74) is 7.27. The molecule has 160 valence electrons. The van der Waals surface area contributed by atoms with Gasteiger partial charge in [-0.1, -0.05) is 25.1 Å². The summed E-state index contributed by atoms with van der Waals surface area (Å²) in [7, 11) is -3.78. The first-order valence-corrected chi connectivity index (χ1v) is 11.1. The molecule has 0 spiro atoms. The van der Waals surface area contributed by atoms with Crippen molar-refractivity contribution in [1.29, 1.82) is 0 Å². The average Bonchev–Trinajstić information content (AvgIpc) is 3.10. The first-order chi connectivity index (χ1) is 14.9. The number of hydrogen-bond acceptors (Lipinski definition) is 8. The van der Waals surface area contributed by atoms with Crippen molar-refractivity contribution in [3.8, 4) is 17.3 Å². The molecule has 4 rings (SSSR count). The summed E-state index contributed by atoms with van der Waals surface area (Å²) >= 11 is 0. The van der Waals surface area contributed by atoms with Gasteiger partial charge in [-0.2, -0.15) is 13.5 Å². The van der Waals surface area contributed by atoms with Gasteiger partial charge in [-0.05, 0) is 24.6 Å². The second kappa shape index (κ2) is 8.26. The second-order valence-corrected chi connectivity index (χ2v) is 8.45. The molecule has 1 aromatic carbocycles. The highest BCUT2D eigenvalue weighted by Crippen LogP contribution is 2.28. The summed E-state index contributed by atoms with van der Waals surface area (Å²) in [6.07, 6.45) is 3.21. The van der Waals surface area contributed by atoms with E-state index >= 15 is 0 Å². The van der Waals surface area contributed by atoms with Gasteiger partial charge < -0.3 is 9.92 Å². The maximum Gasteiger partial charge on any atom is 0.309 e. The zero-order valence-electron chi connectivity index (χ0n) is 16.6. The van der Waals surface area contributed by atoms with Crippen LogP contribution in [-0.2, 0) is 16.7 Å². The van der Waals surface area contributed by atoms with Crippen LogP contribution in [0.4, 0.5) is 10.2 Å². The molecule has 0 aliphatic rings. The third kappa shape index (κ3) is 4.31. The van der Waals surface area contributed by atoms with Crippen LogP contribution in [0.25, 0.3) is 22.6 Å². The van der Waals surface area contributed by atoms with Crippen molar-refractivity contribution >= 4 is 27.0 Å². The highest BCUT2D eigenvalue weighted by molar-refractivity contribution is 7.87. The van der Waals surface area contributed by atoms with E-state index < -0.39 is 10.1 Å². The number of halogens is 1. The van der Waals surface area contributed by atoms with Crippen LogP contribution in [0, 0.1) is 5.82 Å². The highest BCUT2D eigenvalue weighted by Gasteiger charge is 2.20. The van der Waals surface area contributed by atoms with Gasteiger partial charge in [0.25, 0.3) is 0 Å². The SMILES string of the molecule is CCCS(=O)(=O)Oc1cnc(-c2nn(Cc3ccccc3F)c3ncccc23)nc1N. The van der Waals surface area contributed by atoms with E-state index in [0.717, 1.165) is 0 Å². The van der Waals surface area contributed by atoms with Crippen molar-refractivity contribution in [1.82, 2.24) is 24.7 Å². The van der Waals surface area contributed by atoms with Gasteiger partial charge in [0.05, 0.1) is 23.9 Å². The van der Waals surface area contributed by atoms with Crippen molar-refractivity contribution in [3.05, 3.63) is 60.2 Å². The molecular weight excluding hydrogens is 423 g/mol. The predicted molar refractivity (Wildman–Crippen MR) is 113 cm³/mol. The number of pyridine rings is 1. The first-order valence-electron chi connectivity index (χ1n) is 9.48. The number of aromatic nitrogens is 5. The second-order valence-electron chi connectivity index (χ2n) is 6.76. The molecular formula is C20H19FN6O3S. The molecule has 3 aromatic heterocycles. The van der Waals surface area contributed by atoms with Crippen molar-refractivity contribution in [2.75, 3.05) is 11.5 Å². The van der Waals surface area contributed by atoms with Crippen molar-refractivity contribution in [3.63, 3.8) is 0 Å². The molecule has 0 aliphatic heterocycles. The van der Waals surface area contributed by atoms with E-state index in [1.165, 1.54) is 12.3 Å². The van der Waals surface area contributed by atoms with E-state index in [1.807, 2.05) is 0 Å². The highest BCUT2D eigenvalue weighted by atomic mass is 32.2.